The molecule has 0 amide bonds. The maximum absolute atomic E-state index is 4.43. The second kappa shape index (κ2) is 4.48. The van der Waals surface area contributed by atoms with Gasteiger partial charge in [0.25, 0.3) is 0 Å². The first-order chi connectivity index (χ1) is 8.08. The van der Waals surface area contributed by atoms with Gasteiger partial charge in [-0.15, -0.1) is 0 Å². The van der Waals surface area contributed by atoms with Gasteiger partial charge in [-0.2, -0.15) is 15.0 Å². The number of aromatic nitrogens is 5. The van der Waals surface area contributed by atoms with Gasteiger partial charge in [0.05, 0.1) is 0 Å². The van der Waals surface area contributed by atoms with E-state index >= 15 is 0 Å². The molecular weight excluding hydrogens is 216 g/mol. The van der Waals surface area contributed by atoms with E-state index < -0.39 is 0 Å². The summed E-state index contributed by atoms with van der Waals surface area (Å²) in [7, 11) is 3.83. The van der Waals surface area contributed by atoms with Crippen molar-refractivity contribution in [2.24, 2.45) is 0 Å². The van der Waals surface area contributed by atoms with Gasteiger partial charge < -0.3 is 4.90 Å². The zero-order chi connectivity index (χ0) is 12.4. The highest BCUT2D eigenvalue weighted by Crippen LogP contribution is 2.14. The van der Waals surface area contributed by atoms with E-state index in [0.29, 0.717) is 11.9 Å². The van der Waals surface area contributed by atoms with Gasteiger partial charge in [0, 0.05) is 32.4 Å². The van der Waals surface area contributed by atoms with E-state index in [1.807, 2.05) is 25.2 Å². The van der Waals surface area contributed by atoms with Crippen molar-refractivity contribution in [1.29, 1.82) is 0 Å². The third-order valence-electron chi connectivity index (χ3n) is 2.28. The molecule has 90 valence electrons. The van der Waals surface area contributed by atoms with Gasteiger partial charge >= 0.3 is 0 Å². The van der Waals surface area contributed by atoms with Crippen molar-refractivity contribution < 1.29 is 0 Å². The van der Waals surface area contributed by atoms with Crippen molar-refractivity contribution in [3.05, 3.63) is 24.5 Å². The van der Waals surface area contributed by atoms with Crippen LogP contribution in [0.2, 0.25) is 0 Å². The summed E-state index contributed by atoms with van der Waals surface area (Å²) in [5, 5.41) is 0. The molecule has 2 aromatic heterocycles. The van der Waals surface area contributed by atoms with Crippen LogP contribution in [0.15, 0.2) is 18.7 Å². The molecule has 6 nitrogen and oxygen atoms in total. The molecule has 0 aliphatic rings. The van der Waals surface area contributed by atoms with Gasteiger partial charge in [-0.25, -0.2) is 4.98 Å². The molecule has 17 heavy (non-hydrogen) atoms. The van der Waals surface area contributed by atoms with Crippen LogP contribution in [-0.4, -0.2) is 38.6 Å². The molecule has 0 unspecified atom stereocenters. The number of anilines is 1. The minimum absolute atomic E-state index is 0.263. The molecule has 0 saturated carbocycles. The predicted molar refractivity (Wildman–Crippen MR) is 65.4 cm³/mol. The fourth-order valence-electron chi connectivity index (χ4n) is 1.32. The number of hydrogen-bond acceptors (Lipinski definition) is 5. The molecule has 0 aliphatic heterocycles. The largest absolute Gasteiger partial charge is 0.347 e. The highest BCUT2D eigenvalue weighted by molar-refractivity contribution is 5.31. The SMILES string of the molecule is CC(C)c1nc(N(C)C)nc(-n2ccnc2)n1. The van der Waals surface area contributed by atoms with Crippen LogP contribution in [0.25, 0.3) is 5.95 Å². The molecule has 2 rings (SSSR count). The average molecular weight is 232 g/mol. The van der Waals surface area contributed by atoms with Gasteiger partial charge in [0.2, 0.25) is 11.9 Å². The molecule has 2 heterocycles. The van der Waals surface area contributed by atoms with Crippen molar-refractivity contribution in [1.82, 2.24) is 24.5 Å². The molecular formula is C11H16N6. The number of imidazole rings is 1. The fourth-order valence-corrected chi connectivity index (χ4v) is 1.32. The van der Waals surface area contributed by atoms with Crippen molar-refractivity contribution in [2.75, 3.05) is 19.0 Å². The van der Waals surface area contributed by atoms with Crippen molar-refractivity contribution >= 4 is 5.95 Å². The van der Waals surface area contributed by atoms with E-state index in [4.69, 9.17) is 0 Å². The number of rotatable bonds is 3. The Hall–Kier alpha value is -1.98. The molecule has 0 radical (unpaired) electrons. The lowest BCUT2D eigenvalue weighted by atomic mass is 10.2. The van der Waals surface area contributed by atoms with E-state index in [1.54, 1.807) is 17.1 Å². The van der Waals surface area contributed by atoms with E-state index in [-0.39, 0.29) is 5.92 Å². The van der Waals surface area contributed by atoms with Gasteiger partial charge in [-0.05, 0) is 0 Å². The molecule has 2 aromatic rings. The first-order valence-corrected chi connectivity index (χ1v) is 5.49. The summed E-state index contributed by atoms with van der Waals surface area (Å²) in [6.07, 6.45) is 5.20. The third kappa shape index (κ3) is 2.41. The lowest BCUT2D eigenvalue weighted by molar-refractivity contribution is 0.734. The van der Waals surface area contributed by atoms with Gasteiger partial charge in [-0.3, -0.25) is 4.57 Å². The minimum atomic E-state index is 0.263. The predicted octanol–water partition coefficient (Wildman–Crippen LogP) is 1.25. The molecule has 0 saturated heterocycles. The van der Waals surface area contributed by atoms with Gasteiger partial charge in [0.15, 0.2) is 0 Å². The topological polar surface area (TPSA) is 59.7 Å². The zero-order valence-corrected chi connectivity index (χ0v) is 10.5. The molecule has 0 bridgehead atoms. The van der Waals surface area contributed by atoms with Crippen LogP contribution in [0, 0.1) is 0 Å². The van der Waals surface area contributed by atoms with E-state index in [0.717, 1.165) is 5.82 Å². The standard InChI is InChI=1S/C11H16N6/c1-8(2)9-13-10(16(3)4)15-11(14-9)17-6-5-12-7-17/h5-8H,1-4H3. The smallest absolute Gasteiger partial charge is 0.239 e. The lowest BCUT2D eigenvalue weighted by Crippen LogP contribution is -2.17. The maximum Gasteiger partial charge on any atom is 0.239 e. The molecule has 0 spiro atoms. The molecule has 0 N–H and O–H groups in total. The zero-order valence-electron chi connectivity index (χ0n) is 10.5. The quantitative estimate of drug-likeness (QED) is 0.797. The first-order valence-electron chi connectivity index (χ1n) is 5.49. The molecule has 6 heteroatoms. The van der Waals surface area contributed by atoms with Crippen LogP contribution in [0.3, 0.4) is 0 Å². The van der Waals surface area contributed by atoms with E-state index in [9.17, 15) is 0 Å². The summed E-state index contributed by atoms with van der Waals surface area (Å²) < 4.78 is 1.78. The summed E-state index contributed by atoms with van der Waals surface area (Å²) in [4.78, 5) is 19.1. The van der Waals surface area contributed by atoms with E-state index in [2.05, 4.69) is 33.8 Å². The maximum atomic E-state index is 4.43. The number of hydrogen-bond donors (Lipinski definition) is 0. The average Bonchev–Trinajstić information content (AvgIpc) is 2.81. The van der Waals surface area contributed by atoms with Gasteiger partial charge in [0.1, 0.15) is 12.2 Å². The van der Waals surface area contributed by atoms with E-state index in [1.165, 1.54) is 0 Å². The second-order valence-electron chi connectivity index (χ2n) is 4.31. The molecule has 0 fully saturated rings. The minimum Gasteiger partial charge on any atom is -0.347 e. The second-order valence-corrected chi connectivity index (χ2v) is 4.31. The Morgan fingerprint density at radius 2 is 1.94 bits per heavy atom. The van der Waals surface area contributed by atoms with Crippen LogP contribution in [0.1, 0.15) is 25.6 Å². The van der Waals surface area contributed by atoms with Crippen LogP contribution >= 0.6 is 0 Å². The highest BCUT2D eigenvalue weighted by atomic mass is 15.3. The Bertz CT molecular complexity index is 462. The summed E-state index contributed by atoms with van der Waals surface area (Å²) in [5.41, 5.74) is 0. The summed E-state index contributed by atoms with van der Waals surface area (Å²) >= 11 is 0. The normalized spacial score (nSPS) is 10.9. The van der Waals surface area contributed by atoms with Crippen molar-refractivity contribution in [3.8, 4) is 5.95 Å². The lowest BCUT2D eigenvalue weighted by Gasteiger charge is -2.14. The summed E-state index contributed by atoms with van der Waals surface area (Å²) in [6.45, 7) is 4.12. The monoisotopic (exact) mass is 232 g/mol. The number of nitrogens with zero attached hydrogens (tertiary/aromatic N) is 6. The fraction of sp³-hybridized carbons (Fsp3) is 0.455. The molecule has 0 aliphatic carbocycles. The summed E-state index contributed by atoms with van der Waals surface area (Å²) in [6, 6.07) is 0. The Morgan fingerprint density at radius 3 is 2.47 bits per heavy atom. The Morgan fingerprint density at radius 1 is 1.18 bits per heavy atom. The van der Waals surface area contributed by atoms with Crippen LogP contribution in [0.4, 0.5) is 5.95 Å². The Balaban J connectivity index is 2.52. The van der Waals surface area contributed by atoms with Crippen LogP contribution < -0.4 is 4.90 Å². The third-order valence-corrected chi connectivity index (χ3v) is 2.28. The Kier molecular flexibility index (Phi) is 3.03. The molecule has 0 aromatic carbocycles. The highest BCUT2D eigenvalue weighted by Gasteiger charge is 2.11. The van der Waals surface area contributed by atoms with Gasteiger partial charge in [-0.1, -0.05) is 13.8 Å². The van der Waals surface area contributed by atoms with Crippen molar-refractivity contribution in [2.45, 2.75) is 19.8 Å². The van der Waals surface area contributed by atoms with Crippen molar-refractivity contribution in [3.63, 3.8) is 0 Å². The Labute approximate surface area is 100 Å². The first kappa shape index (κ1) is 11.5. The van der Waals surface area contributed by atoms with Crippen LogP contribution in [-0.2, 0) is 0 Å². The summed E-state index contributed by atoms with van der Waals surface area (Å²) in [5.74, 6) is 2.31. The van der Waals surface area contributed by atoms with Crippen LogP contribution in [0.5, 0.6) is 0 Å². The molecule has 0 atom stereocenters.